The zero-order chi connectivity index (χ0) is 19.0. The monoisotopic (exact) mass is 379 g/mol. The van der Waals surface area contributed by atoms with Gasteiger partial charge in [0.05, 0.1) is 6.26 Å². The van der Waals surface area contributed by atoms with E-state index >= 15 is 0 Å². The first kappa shape index (κ1) is 17.1. The summed E-state index contributed by atoms with van der Waals surface area (Å²) >= 11 is 5.88. The minimum Gasteiger partial charge on any atom is -0.459 e. The maximum absolute atomic E-state index is 12.7. The second kappa shape index (κ2) is 6.78. The van der Waals surface area contributed by atoms with Gasteiger partial charge in [0.1, 0.15) is 5.58 Å². The Morgan fingerprint density at radius 3 is 2.52 bits per heavy atom. The standard InChI is InChI=1S/C21H14ClNO4/c1-12-16-9-8-15(23-21(25)17-3-2-10-26-17)11-18(16)27-20(12)19(24)13-4-6-14(22)7-5-13/h2-11H,1H3,(H,23,25). The highest BCUT2D eigenvalue weighted by Gasteiger charge is 2.20. The van der Waals surface area contributed by atoms with E-state index in [1.165, 1.54) is 6.26 Å². The number of halogens is 1. The van der Waals surface area contributed by atoms with Crippen LogP contribution in [0.5, 0.6) is 0 Å². The number of carbonyl (C=O) groups is 2. The van der Waals surface area contributed by atoms with Gasteiger partial charge in [-0.05, 0) is 55.5 Å². The van der Waals surface area contributed by atoms with Crippen molar-refractivity contribution in [3.05, 3.63) is 88.5 Å². The first-order valence-corrected chi connectivity index (χ1v) is 8.59. The third-order valence-electron chi connectivity index (χ3n) is 4.25. The lowest BCUT2D eigenvalue weighted by atomic mass is 10.0. The number of benzene rings is 2. The summed E-state index contributed by atoms with van der Waals surface area (Å²) in [6.07, 6.45) is 1.43. The van der Waals surface area contributed by atoms with Crippen LogP contribution >= 0.6 is 11.6 Å². The van der Waals surface area contributed by atoms with Gasteiger partial charge in [-0.25, -0.2) is 0 Å². The fraction of sp³-hybridized carbons (Fsp3) is 0.0476. The van der Waals surface area contributed by atoms with Crippen LogP contribution in [0, 0.1) is 6.92 Å². The van der Waals surface area contributed by atoms with Crippen molar-refractivity contribution in [2.24, 2.45) is 0 Å². The lowest BCUT2D eigenvalue weighted by molar-refractivity contribution is 0.0993. The molecule has 0 aliphatic heterocycles. The zero-order valence-electron chi connectivity index (χ0n) is 14.3. The van der Waals surface area contributed by atoms with Crippen molar-refractivity contribution in [2.45, 2.75) is 6.92 Å². The van der Waals surface area contributed by atoms with E-state index in [4.69, 9.17) is 20.4 Å². The van der Waals surface area contributed by atoms with Crippen LogP contribution in [0.3, 0.4) is 0 Å². The molecule has 0 saturated heterocycles. The Hall–Kier alpha value is -3.31. The molecule has 0 saturated carbocycles. The molecule has 134 valence electrons. The lowest BCUT2D eigenvalue weighted by Crippen LogP contribution is -2.10. The third kappa shape index (κ3) is 3.25. The van der Waals surface area contributed by atoms with Crippen LogP contribution in [0.1, 0.15) is 32.2 Å². The average Bonchev–Trinajstić information content (AvgIpc) is 3.30. The summed E-state index contributed by atoms with van der Waals surface area (Å²) in [6, 6.07) is 15.1. The normalized spacial score (nSPS) is 10.9. The van der Waals surface area contributed by atoms with Gasteiger partial charge in [0.15, 0.2) is 11.5 Å². The molecule has 0 fully saturated rings. The van der Waals surface area contributed by atoms with Crippen molar-refractivity contribution >= 4 is 39.9 Å². The Bertz CT molecular complexity index is 1140. The van der Waals surface area contributed by atoms with Crippen LogP contribution in [0.25, 0.3) is 11.0 Å². The SMILES string of the molecule is Cc1c(C(=O)c2ccc(Cl)cc2)oc2cc(NC(=O)c3ccco3)ccc12. The molecule has 2 aromatic heterocycles. The summed E-state index contributed by atoms with van der Waals surface area (Å²) in [5.41, 5.74) is 2.30. The van der Waals surface area contributed by atoms with Gasteiger partial charge in [-0.1, -0.05) is 11.6 Å². The van der Waals surface area contributed by atoms with E-state index in [-0.39, 0.29) is 23.2 Å². The van der Waals surface area contributed by atoms with Crippen molar-refractivity contribution in [2.75, 3.05) is 5.32 Å². The number of furan rings is 2. The van der Waals surface area contributed by atoms with Gasteiger partial charge in [-0.2, -0.15) is 0 Å². The molecule has 2 heterocycles. The molecule has 1 amide bonds. The molecule has 27 heavy (non-hydrogen) atoms. The highest BCUT2D eigenvalue weighted by molar-refractivity contribution is 6.30. The summed E-state index contributed by atoms with van der Waals surface area (Å²) in [5.74, 6) is -0.104. The van der Waals surface area contributed by atoms with Gasteiger partial charge in [0, 0.05) is 33.3 Å². The van der Waals surface area contributed by atoms with E-state index < -0.39 is 0 Å². The number of hydrogen-bond acceptors (Lipinski definition) is 4. The summed E-state index contributed by atoms with van der Waals surface area (Å²) in [5, 5.41) is 4.11. The molecule has 6 heteroatoms. The lowest BCUT2D eigenvalue weighted by Gasteiger charge is -2.02. The number of aryl methyl sites for hydroxylation is 1. The number of ketones is 1. The number of nitrogens with one attached hydrogen (secondary N) is 1. The summed E-state index contributed by atoms with van der Waals surface area (Å²) in [6.45, 7) is 1.83. The van der Waals surface area contributed by atoms with Crippen LogP contribution < -0.4 is 5.32 Å². The first-order valence-electron chi connectivity index (χ1n) is 8.21. The number of amides is 1. The molecular weight excluding hydrogens is 366 g/mol. The maximum atomic E-state index is 12.7. The van der Waals surface area contributed by atoms with E-state index in [2.05, 4.69) is 5.32 Å². The van der Waals surface area contributed by atoms with E-state index in [0.29, 0.717) is 21.9 Å². The predicted molar refractivity (Wildman–Crippen MR) is 102 cm³/mol. The second-order valence-corrected chi connectivity index (χ2v) is 6.47. The minimum atomic E-state index is -0.361. The van der Waals surface area contributed by atoms with Crippen molar-refractivity contribution < 1.29 is 18.4 Å². The quantitative estimate of drug-likeness (QED) is 0.477. The van der Waals surface area contributed by atoms with Crippen LogP contribution in [-0.2, 0) is 0 Å². The maximum Gasteiger partial charge on any atom is 0.291 e. The van der Waals surface area contributed by atoms with Crippen LogP contribution in [-0.4, -0.2) is 11.7 Å². The Morgan fingerprint density at radius 1 is 1.04 bits per heavy atom. The van der Waals surface area contributed by atoms with E-state index in [1.54, 1.807) is 48.5 Å². The minimum absolute atomic E-state index is 0.212. The molecule has 5 nitrogen and oxygen atoms in total. The number of fused-ring (bicyclic) bond motifs is 1. The van der Waals surface area contributed by atoms with Gasteiger partial charge in [-0.15, -0.1) is 0 Å². The van der Waals surface area contributed by atoms with Crippen molar-refractivity contribution in [3.8, 4) is 0 Å². The molecular formula is C21H14ClNO4. The summed E-state index contributed by atoms with van der Waals surface area (Å²) in [7, 11) is 0. The van der Waals surface area contributed by atoms with E-state index in [0.717, 1.165) is 10.9 Å². The molecule has 0 aliphatic rings. The van der Waals surface area contributed by atoms with Gasteiger partial charge in [0.2, 0.25) is 5.78 Å². The van der Waals surface area contributed by atoms with Gasteiger partial charge < -0.3 is 14.2 Å². The Labute approximate surface area is 159 Å². The molecule has 4 rings (SSSR count). The fourth-order valence-corrected chi connectivity index (χ4v) is 2.98. The zero-order valence-corrected chi connectivity index (χ0v) is 15.0. The van der Waals surface area contributed by atoms with E-state index in [1.807, 2.05) is 13.0 Å². The number of hydrogen-bond donors (Lipinski definition) is 1. The Balaban J connectivity index is 1.66. The molecule has 0 bridgehead atoms. The van der Waals surface area contributed by atoms with Crippen LogP contribution in [0.4, 0.5) is 5.69 Å². The van der Waals surface area contributed by atoms with Crippen LogP contribution in [0.15, 0.2) is 69.7 Å². The smallest absolute Gasteiger partial charge is 0.291 e. The second-order valence-electron chi connectivity index (χ2n) is 6.03. The molecule has 1 N–H and O–H groups in total. The fourth-order valence-electron chi connectivity index (χ4n) is 2.85. The highest BCUT2D eigenvalue weighted by atomic mass is 35.5. The largest absolute Gasteiger partial charge is 0.459 e. The number of anilines is 1. The molecule has 0 radical (unpaired) electrons. The molecule has 0 atom stereocenters. The average molecular weight is 380 g/mol. The first-order chi connectivity index (χ1) is 13.0. The predicted octanol–water partition coefficient (Wildman–Crippen LogP) is 5.47. The molecule has 0 unspecified atom stereocenters. The summed E-state index contributed by atoms with van der Waals surface area (Å²) in [4.78, 5) is 24.9. The Kier molecular flexibility index (Phi) is 4.30. The Morgan fingerprint density at radius 2 is 1.81 bits per heavy atom. The molecule has 4 aromatic rings. The van der Waals surface area contributed by atoms with Crippen LogP contribution in [0.2, 0.25) is 5.02 Å². The van der Waals surface area contributed by atoms with E-state index in [9.17, 15) is 9.59 Å². The molecule has 0 aliphatic carbocycles. The van der Waals surface area contributed by atoms with Gasteiger partial charge in [-0.3, -0.25) is 9.59 Å². The van der Waals surface area contributed by atoms with Crippen molar-refractivity contribution in [1.82, 2.24) is 0 Å². The van der Waals surface area contributed by atoms with Gasteiger partial charge in [0.25, 0.3) is 5.91 Å². The molecule has 2 aromatic carbocycles. The number of carbonyl (C=O) groups excluding carboxylic acids is 2. The van der Waals surface area contributed by atoms with Gasteiger partial charge >= 0.3 is 0 Å². The molecule has 0 spiro atoms. The van der Waals surface area contributed by atoms with Crippen molar-refractivity contribution in [1.29, 1.82) is 0 Å². The third-order valence-corrected chi connectivity index (χ3v) is 4.51. The number of rotatable bonds is 4. The topological polar surface area (TPSA) is 72.5 Å². The summed E-state index contributed by atoms with van der Waals surface area (Å²) < 4.78 is 10.9. The highest BCUT2D eigenvalue weighted by Crippen LogP contribution is 2.29. The van der Waals surface area contributed by atoms with Crippen molar-refractivity contribution in [3.63, 3.8) is 0 Å².